The van der Waals surface area contributed by atoms with Gasteiger partial charge in [0.1, 0.15) is 11.2 Å². The highest BCUT2D eigenvalue weighted by Crippen LogP contribution is 2.60. The zero-order valence-corrected chi connectivity index (χ0v) is 23.4. The summed E-state index contributed by atoms with van der Waals surface area (Å²) < 4.78 is 15.7. The summed E-state index contributed by atoms with van der Waals surface area (Å²) in [6.07, 6.45) is 0.0393. The number of amides is 3. The first-order valence-electron chi connectivity index (χ1n) is 13.0. The van der Waals surface area contributed by atoms with Crippen molar-refractivity contribution in [3.8, 4) is 0 Å². The summed E-state index contributed by atoms with van der Waals surface area (Å²) in [5.74, 6) is -1.55. The van der Waals surface area contributed by atoms with E-state index in [2.05, 4.69) is 10.6 Å². The smallest absolute Gasteiger partial charge is 0.317 e. The average Bonchev–Trinajstić information content (AvgIpc) is 3.35. The van der Waals surface area contributed by atoms with Gasteiger partial charge in [0.25, 0.3) is 0 Å². The van der Waals surface area contributed by atoms with E-state index in [0.29, 0.717) is 29.1 Å². The fourth-order valence-corrected chi connectivity index (χ4v) is 6.50. The number of aliphatic hydroxyl groups is 3. The van der Waals surface area contributed by atoms with E-state index in [1.165, 1.54) is 17.0 Å². The molecule has 2 heterocycles. The van der Waals surface area contributed by atoms with Crippen LogP contribution in [0.3, 0.4) is 0 Å². The molecule has 0 radical (unpaired) electrons. The number of carbonyl (C=O) groups excluding carboxylic acids is 2. The molecule has 2 aliphatic heterocycles. The highest BCUT2D eigenvalue weighted by molar-refractivity contribution is 6.31. The van der Waals surface area contributed by atoms with E-state index in [9.17, 15) is 19.8 Å². The predicted octanol–water partition coefficient (Wildman–Crippen LogP) is 4.25. The number of aliphatic hydroxyl groups excluding tert-OH is 3. The van der Waals surface area contributed by atoms with Gasteiger partial charge in [0.2, 0.25) is 5.91 Å². The quantitative estimate of drug-likeness (QED) is 0.303. The van der Waals surface area contributed by atoms with Crippen LogP contribution in [0.15, 0.2) is 36.4 Å². The van der Waals surface area contributed by atoms with E-state index in [1.807, 2.05) is 13.8 Å². The van der Waals surface area contributed by atoms with Crippen LogP contribution in [0.5, 0.6) is 0 Å². The molecule has 1 saturated heterocycles. The monoisotopic (exact) mass is 581 g/mol. The van der Waals surface area contributed by atoms with Gasteiger partial charge in [-0.25, -0.2) is 9.18 Å². The lowest BCUT2D eigenvalue weighted by molar-refractivity contribution is -0.123. The molecule has 3 amide bonds. The third-order valence-electron chi connectivity index (χ3n) is 7.94. The maximum Gasteiger partial charge on any atom is 0.317 e. The molecule has 0 aliphatic carbocycles. The number of urea groups is 1. The molecule has 8 nitrogen and oxygen atoms in total. The van der Waals surface area contributed by atoms with Crippen molar-refractivity contribution in [1.29, 1.82) is 0 Å². The van der Waals surface area contributed by atoms with Crippen LogP contribution in [0, 0.1) is 17.2 Å². The van der Waals surface area contributed by atoms with Crippen molar-refractivity contribution in [2.75, 3.05) is 31.6 Å². The van der Waals surface area contributed by atoms with Gasteiger partial charge >= 0.3 is 6.03 Å². The summed E-state index contributed by atoms with van der Waals surface area (Å²) in [4.78, 5) is 29.3. The van der Waals surface area contributed by atoms with Gasteiger partial charge in [-0.05, 0) is 54.4 Å². The third kappa shape index (κ3) is 5.47. The number of halogens is 3. The Morgan fingerprint density at radius 2 is 2.03 bits per heavy atom. The first-order chi connectivity index (χ1) is 18.5. The van der Waals surface area contributed by atoms with Gasteiger partial charge in [-0.3, -0.25) is 4.79 Å². The Morgan fingerprint density at radius 1 is 1.28 bits per heavy atom. The van der Waals surface area contributed by atoms with E-state index >= 15 is 4.39 Å². The van der Waals surface area contributed by atoms with Gasteiger partial charge in [0.05, 0.1) is 23.8 Å². The molecular weight excluding hydrogens is 548 g/mol. The van der Waals surface area contributed by atoms with Gasteiger partial charge in [-0.2, -0.15) is 0 Å². The van der Waals surface area contributed by atoms with Gasteiger partial charge in [0, 0.05) is 36.0 Å². The van der Waals surface area contributed by atoms with E-state index in [-0.39, 0.29) is 42.6 Å². The molecule has 2 aliphatic rings. The average molecular weight is 583 g/mol. The summed E-state index contributed by atoms with van der Waals surface area (Å²) >= 11 is 12.5. The molecule has 212 valence electrons. The number of anilines is 1. The van der Waals surface area contributed by atoms with E-state index in [0.717, 1.165) is 0 Å². The second kappa shape index (κ2) is 11.6. The number of benzene rings is 2. The number of carbonyl (C=O) groups is 2. The zero-order chi connectivity index (χ0) is 28.5. The fraction of sp³-hybridized carbons (Fsp3) is 0.500. The topological polar surface area (TPSA) is 122 Å². The minimum Gasteiger partial charge on any atom is -0.396 e. The molecular formula is C28H34Cl2FN3O5. The van der Waals surface area contributed by atoms with Crippen LogP contribution in [0.4, 0.5) is 14.9 Å². The van der Waals surface area contributed by atoms with Gasteiger partial charge in [-0.15, -0.1) is 0 Å². The fourth-order valence-electron chi connectivity index (χ4n) is 6.14. The highest BCUT2D eigenvalue weighted by Gasteiger charge is 2.65. The normalized spacial score (nSPS) is 23.2. The predicted molar refractivity (Wildman–Crippen MR) is 147 cm³/mol. The van der Waals surface area contributed by atoms with Gasteiger partial charge < -0.3 is 30.9 Å². The maximum absolute atomic E-state index is 15.7. The van der Waals surface area contributed by atoms with Crippen LogP contribution < -0.4 is 10.6 Å². The molecule has 0 aromatic heterocycles. The summed E-state index contributed by atoms with van der Waals surface area (Å²) in [6, 6.07) is 7.99. The Balaban J connectivity index is 1.90. The number of hydrogen-bond donors (Lipinski definition) is 5. The Hall–Kier alpha value is -2.43. The largest absolute Gasteiger partial charge is 0.396 e. The van der Waals surface area contributed by atoms with Crippen molar-refractivity contribution >= 4 is 40.8 Å². The SMILES string of the molecule is CC(C)(CCO)CC1CN(C(=O)NCCC(O)CO)C(c2cccc(Cl)c2F)C12C(=O)Nc1cc(Cl)ccc12. The molecule has 1 spiro atoms. The van der Waals surface area contributed by atoms with E-state index in [1.54, 1.807) is 24.3 Å². The van der Waals surface area contributed by atoms with Crippen LogP contribution in [-0.2, 0) is 10.2 Å². The van der Waals surface area contributed by atoms with Crippen molar-refractivity contribution in [1.82, 2.24) is 10.2 Å². The Labute approximate surface area is 237 Å². The molecule has 2 aromatic rings. The van der Waals surface area contributed by atoms with Crippen molar-refractivity contribution in [2.24, 2.45) is 11.3 Å². The molecule has 1 fully saturated rings. The lowest BCUT2D eigenvalue weighted by Gasteiger charge is -2.39. The second-order valence-corrected chi connectivity index (χ2v) is 12.0. The summed E-state index contributed by atoms with van der Waals surface area (Å²) in [6.45, 7) is 3.67. The van der Waals surface area contributed by atoms with Crippen molar-refractivity contribution < 1.29 is 29.3 Å². The molecule has 5 N–H and O–H groups in total. The molecule has 2 aromatic carbocycles. The maximum atomic E-state index is 15.7. The molecule has 0 bridgehead atoms. The number of nitrogens with zero attached hydrogens (tertiary/aromatic N) is 1. The van der Waals surface area contributed by atoms with Crippen LogP contribution in [0.2, 0.25) is 10.0 Å². The molecule has 39 heavy (non-hydrogen) atoms. The number of nitrogens with one attached hydrogen (secondary N) is 2. The van der Waals surface area contributed by atoms with Crippen molar-refractivity contribution in [2.45, 2.75) is 50.7 Å². The first-order valence-corrected chi connectivity index (χ1v) is 13.7. The number of likely N-dealkylation sites (tertiary alicyclic amines) is 1. The second-order valence-electron chi connectivity index (χ2n) is 11.1. The Morgan fingerprint density at radius 3 is 2.72 bits per heavy atom. The van der Waals surface area contributed by atoms with Gasteiger partial charge in [0.15, 0.2) is 0 Å². The van der Waals surface area contributed by atoms with Crippen LogP contribution in [0.25, 0.3) is 0 Å². The van der Waals surface area contributed by atoms with E-state index in [4.69, 9.17) is 28.3 Å². The third-order valence-corrected chi connectivity index (χ3v) is 8.47. The highest BCUT2D eigenvalue weighted by atomic mass is 35.5. The number of hydrogen-bond acceptors (Lipinski definition) is 5. The van der Waals surface area contributed by atoms with Crippen molar-refractivity contribution in [3.05, 3.63) is 63.4 Å². The molecule has 0 saturated carbocycles. The van der Waals surface area contributed by atoms with Crippen LogP contribution >= 0.6 is 23.2 Å². The molecule has 4 unspecified atom stereocenters. The number of rotatable bonds is 9. The summed E-state index contributed by atoms with van der Waals surface area (Å²) in [5.41, 5.74) is -0.569. The number of fused-ring (bicyclic) bond motifs is 2. The van der Waals surface area contributed by atoms with E-state index < -0.39 is 47.3 Å². The minimum absolute atomic E-state index is 0.0468. The van der Waals surface area contributed by atoms with Crippen molar-refractivity contribution in [3.63, 3.8) is 0 Å². The Bertz CT molecular complexity index is 1250. The Kier molecular flexibility index (Phi) is 8.78. The lowest BCUT2D eigenvalue weighted by Crippen LogP contribution is -2.48. The molecule has 4 rings (SSSR count). The standard InChI is InChI=1S/C28H34Cl2FN3O5/c1-27(2,9-11-35)13-16-14-34(26(39)32-10-8-18(37)15-36)24(19-4-3-5-21(30)23(19)31)28(16)20-7-6-17(29)12-22(20)33-25(28)38/h3-7,12,16,18,24,35-37H,8-11,13-15H2,1-2H3,(H,32,39)(H,33,38). The van der Waals surface area contributed by atoms with Crippen LogP contribution in [0.1, 0.15) is 50.3 Å². The zero-order valence-electron chi connectivity index (χ0n) is 21.9. The molecule has 4 atom stereocenters. The first kappa shape index (κ1) is 29.6. The minimum atomic E-state index is -1.37. The summed E-state index contributed by atoms with van der Waals surface area (Å²) in [7, 11) is 0. The van der Waals surface area contributed by atoms with Crippen LogP contribution in [-0.4, -0.2) is 64.6 Å². The summed E-state index contributed by atoms with van der Waals surface area (Å²) in [5, 5.41) is 34.5. The lowest BCUT2D eigenvalue weighted by atomic mass is 9.63. The molecule has 11 heteroatoms. The van der Waals surface area contributed by atoms with Gasteiger partial charge in [-0.1, -0.05) is 55.2 Å².